The Bertz CT molecular complexity index is 584. The predicted molar refractivity (Wildman–Crippen MR) is 81.7 cm³/mol. The second-order valence-corrected chi connectivity index (χ2v) is 5.98. The Morgan fingerprint density at radius 2 is 2.25 bits per heavy atom. The van der Waals surface area contributed by atoms with Gasteiger partial charge in [-0.2, -0.15) is 0 Å². The van der Waals surface area contributed by atoms with Gasteiger partial charge in [-0.15, -0.1) is 0 Å². The molecule has 1 aliphatic rings. The van der Waals surface area contributed by atoms with Crippen molar-refractivity contribution < 1.29 is 4.79 Å². The molecule has 0 atom stereocenters. The van der Waals surface area contributed by atoms with Gasteiger partial charge in [0, 0.05) is 23.2 Å². The molecule has 1 heterocycles. The van der Waals surface area contributed by atoms with Crippen molar-refractivity contribution in [2.45, 2.75) is 32.2 Å². The average Bonchev–Trinajstić information content (AvgIpc) is 2.76. The van der Waals surface area contributed by atoms with Gasteiger partial charge in [0.1, 0.15) is 0 Å². The zero-order chi connectivity index (χ0) is 14.8. The lowest BCUT2D eigenvalue weighted by atomic mass is 10.0. The van der Waals surface area contributed by atoms with Crippen molar-refractivity contribution in [3.05, 3.63) is 34.3 Å². The second kappa shape index (κ2) is 5.87. The first kappa shape index (κ1) is 14.9. The lowest BCUT2D eigenvalue weighted by Gasteiger charge is -2.31. The van der Waals surface area contributed by atoms with Crippen LogP contribution in [0.4, 0.5) is 0 Å². The second-order valence-electron chi connectivity index (χ2n) is 5.57. The molecule has 0 radical (unpaired) electrons. The minimum Gasteiger partial charge on any atom is -0.334 e. The average molecular weight is 291 g/mol. The molecule has 2 rings (SSSR count). The summed E-state index contributed by atoms with van der Waals surface area (Å²) in [7, 11) is 0. The molecule has 1 aromatic carbocycles. The lowest BCUT2D eigenvalue weighted by Crippen LogP contribution is -2.42. The summed E-state index contributed by atoms with van der Waals surface area (Å²) in [6, 6.07) is 5.25. The van der Waals surface area contributed by atoms with Gasteiger partial charge in [-0.05, 0) is 44.9 Å². The molecule has 0 unspecified atom stereocenters. The summed E-state index contributed by atoms with van der Waals surface area (Å²) >= 11 is 6.17. The number of benzene rings is 1. The summed E-state index contributed by atoms with van der Waals surface area (Å²) in [6.07, 6.45) is 2.08. The molecule has 1 fully saturated rings. The summed E-state index contributed by atoms with van der Waals surface area (Å²) in [4.78, 5) is 14.5. The van der Waals surface area contributed by atoms with Gasteiger partial charge < -0.3 is 10.6 Å². The maximum Gasteiger partial charge on any atom is 0.254 e. The van der Waals surface area contributed by atoms with Gasteiger partial charge in [0.25, 0.3) is 5.91 Å². The number of hydrogen-bond acceptors (Lipinski definition) is 2. The maximum atomic E-state index is 12.6. The number of likely N-dealkylation sites (tertiary alicyclic amines) is 1. The molecule has 0 bridgehead atoms. The summed E-state index contributed by atoms with van der Waals surface area (Å²) in [6.45, 7) is 5.29. The molecular weight excluding hydrogens is 272 g/mol. The van der Waals surface area contributed by atoms with Crippen molar-refractivity contribution >= 4 is 17.5 Å². The zero-order valence-corrected chi connectivity index (χ0v) is 12.6. The molecular formula is C16H19ClN2O. The summed E-state index contributed by atoms with van der Waals surface area (Å²) < 4.78 is 0. The quantitative estimate of drug-likeness (QED) is 0.808. The highest BCUT2D eigenvalue weighted by molar-refractivity contribution is 6.32. The molecule has 3 nitrogen and oxygen atoms in total. The number of amides is 1. The van der Waals surface area contributed by atoms with Crippen LogP contribution < -0.4 is 5.73 Å². The first-order chi connectivity index (χ1) is 9.45. The van der Waals surface area contributed by atoms with Crippen LogP contribution in [0.2, 0.25) is 5.02 Å². The molecule has 106 valence electrons. The van der Waals surface area contributed by atoms with Crippen molar-refractivity contribution in [2.75, 3.05) is 13.1 Å². The standard InChI is InChI=1S/C16H19ClN2O/c1-16(2)8-4-10-19(16)15(20)13-7-6-12(5-3-9-18)14(17)11-13/h6-7,11H,4,8-10,18H2,1-2H3. The van der Waals surface area contributed by atoms with Crippen LogP contribution >= 0.6 is 11.6 Å². The fourth-order valence-electron chi connectivity index (χ4n) is 2.54. The fourth-order valence-corrected chi connectivity index (χ4v) is 2.76. The van der Waals surface area contributed by atoms with Gasteiger partial charge in [-0.1, -0.05) is 23.4 Å². The first-order valence-electron chi connectivity index (χ1n) is 6.76. The number of halogens is 1. The maximum absolute atomic E-state index is 12.6. The molecule has 0 saturated carbocycles. The highest BCUT2D eigenvalue weighted by atomic mass is 35.5. The number of carbonyl (C=O) groups is 1. The number of nitrogens with two attached hydrogens (primary N) is 1. The van der Waals surface area contributed by atoms with Crippen LogP contribution in [-0.2, 0) is 0 Å². The molecule has 1 amide bonds. The number of rotatable bonds is 1. The Morgan fingerprint density at radius 1 is 1.50 bits per heavy atom. The molecule has 2 N–H and O–H groups in total. The van der Waals surface area contributed by atoms with Gasteiger partial charge in [-0.25, -0.2) is 0 Å². The third-order valence-electron chi connectivity index (χ3n) is 3.69. The summed E-state index contributed by atoms with van der Waals surface area (Å²) in [5.41, 5.74) is 6.58. The highest BCUT2D eigenvalue weighted by Crippen LogP contribution is 2.30. The largest absolute Gasteiger partial charge is 0.334 e. The Morgan fingerprint density at radius 3 is 2.80 bits per heavy atom. The van der Waals surface area contributed by atoms with E-state index in [4.69, 9.17) is 17.3 Å². The van der Waals surface area contributed by atoms with Crippen LogP contribution in [0.15, 0.2) is 18.2 Å². The van der Waals surface area contributed by atoms with E-state index in [1.54, 1.807) is 18.2 Å². The normalized spacial score (nSPS) is 16.7. The van der Waals surface area contributed by atoms with Crippen molar-refractivity contribution in [3.8, 4) is 11.8 Å². The first-order valence-corrected chi connectivity index (χ1v) is 7.14. The van der Waals surface area contributed by atoms with Crippen LogP contribution in [0.5, 0.6) is 0 Å². The molecule has 20 heavy (non-hydrogen) atoms. The highest BCUT2D eigenvalue weighted by Gasteiger charge is 2.35. The number of hydrogen-bond donors (Lipinski definition) is 1. The monoisotopic (exact) mass is 290 g/mol. The SMILES string of the molecule is CC1(C)CCCN1C(=O)c1ccc(C#CCN)c(Cl)c1. The van der Waals surface area contributed by atoms with Gasteiger partial charge >= 0.3 is 0 Å². The summed E-state index contributed by atoms with van der Waals surface area (Å²) in [5.74, 6) is 5.69. The third-order valence-corrected chi connectivity index (χ3v) is 4.00. The molecule has 1 aliphatic heterocycles. The van der Waals surface area contributed by atoms with E-state index in [0.29, 0.717) is 22.7 Å². The minimum atomic E-state index is -0.0818. The van der Waals surface area contributed by atoms with E-state index in [1.165, 1.54) is 0 Å². The Balaban J connectivity index is 2.26. The summed E-state index contributed by atoms with van der Waals surface area (Å²) in [5, 5.41) is 0.494. The van der Waals surface area contributed by atoms with E-state index in [0.717, 1.165) is 19.4 Å². The van der Waals surface area contributed by atoms with Crippen LogP contribution in [-0.4, -0.2) is 29.4 Å². The van der Waals surface area contributed by atoms with Crippen molar-refractivity contribution in [2.24, 2.45) is 5.73 Å². The fraction of sp³-hybridized carbons (Fsp3) is 0.438. The Kier molecular flexibility index (Phi) is 4.37. The van der Waals surface area contributed by atoms with E-state index in [-0.39, 0.29) is 11.4 Å². The van der Waals surface area contributed by atoms with Gasteiger partial charge in [-0.3, -0.25) is 4.79 Å². The molecule has 1 aromatic rings. The third kappa shape index (κ3) is 2.98. The smallest absolute Gasteiger partial charge is 0.254 e. The van der Waals surface area contributed by atoms with Crippen LogP contribution in [0.25, 0.3) is 0 Å². The van der Waals surface area contributed by atoms with Crippen molar-refractivity contribution in [1.82, 2.24) is 4.90 Å². The van der Waals surface area contributed by atoms with Crippen LogP contribution in [0.1, 0.15) is 42.6 Å². The molecule has 0 aromatic heterocycles. The van der Waals surface area contributed by atoms with E-state index >= 15 is 0 Å². The zero-order valence-electron chi connectivity index (χ0n) is 11.9. The van der Waals surface area contributed by atoms with Crippen molar-refractivity contribution in [1.29, 1.82) is 0 Å². The predicted octanol–water partition coefficient (Wildman–Crippen LogP) is 2.66. The Labute approximate surface area is 125 Å². The van der Waals surface area contributed by atoms with Gasteiger partial charge in [0.2, 0.25) is 0 Å². The molecule has 0 spiro atoms. The van der Waals surface area contributed by atoms with Crippen LogP contribution in [0.3, 0.4) is 0 Å². The van der Waals surface area contributed by atoms with E-state index in [1.807, 2.05) is 4.90 Å². The van der Waals surface area contributed by atoms with E-state index < -0.39 is 0 Å². The number of nitrogens with zero attached hydrogens (tertiary/aromatic N) is 1. The van der Waals surface area contributed by atoms with E-state index in [9.17, 15) is 4.79 Å². The molecule has 0 aliphatic carbocycles. The number of carbonyl (C=O) groups excluding carboxylic acids is 1. The topological polar surface area (TPSA) is 46.3 Å². The molecule has 1 saturated heterocycles. The minimum absolute atomic E-state index is 0.0349. The van der Waals surface area contributed by atoms with Crippen molar-refractivity contribution in [3.63, 3.8) is 0 Å². The van der Waals surface area contributed by atoms with Gasteiger partial charge in [0.05, 0.1) is 11.6 Å². The Hall–Kier alpha value is -1.50. The van der Waals surface area contributed by atoms with E-state index in [2.05, 4.69) is 25.7 Å². The lowest BCUT2D eigenvalue weighted by molar-refractivity contribution is 0.0652. The molecule has 4 heteroatoms. The van der Waals surface area contributed by atoms with Crippen LogP contribution in [0, 0.1) is 11.8 Å². The van der Waals surface area contributed by atoms with Gasteiger partial charge in [0.15, 0.2) is 0 Å².